The van der Waals surface area contributed by atoms with E-state index in [1.165, 1.54) is 78.2 Å². The predicted molar refractivity (Wildman–Crippen MR) is 199 cm³/mol. The highest BCUT2D eigenvalue weighted by Crippen LogP contribution is 2.67. The maximum Gasteiger partial charge on any atom is 0.303 e. The van der Waals surface area contributed by atoms with Gasteiger partial charge in [-0.15, -0.1) is 0 Å². The minimum Gasteiger partial charge on any atom is -0.463 e. The molecule has 5 aliphatic rings. The van der Waals surface area contributed by atoms with Gasteiger partial charge in [0.05, 0.1) is 6.10 Å². The van der Waals surface area contributed by atoms with E-state index in [1.807, 2.05) is 0 Å². The average molecular weight is 745 g/mol. The molecule has 3 saturated carbocycles. The lowest BCUT2D eigenvalue weighted by Gasteiger charge is -2.58. The van der Waals surface area contributed by atoms with Crippen molar-refractivity contribution in [3.8, 4) is 0 Å². The van der Waals surface area contributed by atoms with Gasteiger partial charge in [0.1, 0.15) is 12.7 Å². The van der Waals surface area contributed by atoms with Gasteiger partial charge in [0.25, 0.3) is 0 Å². The van der Waals surface area contributed by atoms with Gasteiger partial charge in [-0.1, -0.05) is 66.0 Å². The Morgan fingerprint density at radius 2 is 1.47 bits per heavy atom. The monoisotopic (exact) mass is 744 g/mol. The first-order valence-corrected chi connectivity index (χ1v) is 20.6. The lowest BCUT2D eigenvalue weighted by Crippen LogP contribution is -2.63. The van der Waals surface area contributed by atoms with E-state index in [2.05, 4.69) is 47.6 Å². The second kappa shape index (κ2) is 17.1. The summed E-state index contributed by atoms with van der Waals surface area (Å²) in [7, 11) is 0. The Morgan fingerprint density at radius 3 is 2.09 bits per heavy atom. The van der Waals surface area contributed by atoms with Crippen molar-refractivity contribution < 1.29 is 47.6 Å². The van der Waals surface area contributed by atoms with Crippen LogP contribution in [-0.4, -0.2) is 67.3 Å². The highest BCUT2D eigenvalue weighted by molar-refractivity contribution is 5.68. The first-order valence-electron chi connectivity index (χ1n) is 20.6. The van der Waals surface area contributed by atoms with Crippen molar-refractivity contribution in [2.75, 3.05) is 6.61 Å². The van der Waals surface area contributed by atoms with Crippen LogP contribution in [0.1, 0.15) is 140 Å². The molecule has 0 bridgehead atoms. The molecule has 300 valence electrons. The van der Waals surface area contributed by atoms with Gasteiger partial charge in [-0.25, -0.2) is 0 Å². The molecule has 1 aliphatic heterocycles. The van der Waals surface area contributed by atoms with E-state index < -0.39 is 54.6 Å². The molecule has 1 saturated heterocycles. The zero-order chi connectivity index (χ0) is 38.8. The third-order valence-corrected chi connectivity index (χ3v) is 14.6. The van der Waals surface area contributed by atoms with Crippen LogP contribution in [0.3, 0.4) is 0 Å². The number of rotatable bonds is 13. The smallest absolute Gasteiger partial charge is 0.303 e. The van der Waals surface area contributed by atoms with Crippen LogP contribution >= 0.6 is 0 Å². The van der Waals surface area contributed by atoms with Crippen molar-refractivity contribution in [2.24, 2.45) is 52.3 Å². The Labute approximate surface area is 318 Å². The number of esters is 4. The van der Waals surface area contributed by atoms with E-state index in [0.717, 1.165) is 55.3 Å². The summed E-state index contributed by atoms with van der Waals surface area (Å²) in [4.78, 5) is 48.6. The summed E-state index contributed by atoms with van der Waals surface area (Å²) in [5, 5.41) is 0. The summed E-state index contributed by atoms with van der Waals surface area (Å²) in [5.41, 5.74) is 1.95. The van der Waals surface area contributed by atoms with Crippen LogP contribution in [0.15, 0.2) is 11.6 Å². The average Bonchev–Trinajstić information content (AvgIpc) is 3.43. The largest absolute Gasteiger partial charge is 0.463 e. The second-order valence-electron chi connectivity index (χ2n) is 18.0. The van der Waals surface area contributed by atoms with Gasteiger partial charge in [-0.3, -0.25) is 19.2 Å². The molecule has 53 heavy (non-hydrogen) atoms. The van der Waals surface area contributed by atoms with Crippen LogP contribution in [0.25, 0.3) is 0 Å². The van der Waals surface area contributed by atoms with Crippen molar-refractivity contribution in [2.45, 2.75) is 177 Å². The van der Waals surface area contributed by atoms with Gasteiger partial charge >= 0.3 is 23.9 Å². The Morgan fingerprint density at radius 1 is 0.811 bits per heavy atom. The van der Waals surface area contributed by atoms with Crippen LogP contribution in [0, 0.1) is 52.3 Å². The Bertz CT molecular complexity index is 1360. The SMILES string of the molecule is CC[C@H](CCC(C)[C@H]1CC[C@H]2C3CC=C4C[C@@H](O[C@@H]5O[C@H](COC(C)=O)[C@@H](OC(C)=O)[C@H](OC(C)=O)[C@H]5OC(C)=O)CC[C@]4(C)[C@H]3CC[C@]12C)C(C)C. The van der Waals surface area contributed by atoms with Crippen molar-refractivity contribution >= 4 is 23.9 Å². The fourth-order valence-corrected chi connectivity index (χ4v) is 11.9. The summed E-state index contributed by atoms with van der Waals surface area (Å²) >= 11 is 0. The summed E-state index contributed by atoms with van der Waals surface area (Å²) in [6.07, 6.45) is 9.32. The molecule has 10 nitrogen and oxygen atoms in total. The van der Waals surface area contributed by atoms with Gasteiger partial charge in [0, 0.05) is 27.7 Å². The Kier molecular flexibility index (Phi) is 13.5. The maximum atomic E-state index is 12.4. The molecule has 4 aliphatic carbocycles. The standard InChI is InChI=1S/C43H68O10/c1-11-30(24(2)3)13-12-25(4)34-16-17-35-33-15-14-31-22-32(18-20-42(31,9)36(33)19-21-43(34,35)10)52-41-40(51-29(8)47)39(50-28(7)46)38(49-27(6)45)37(53-41)23-48-26(5)44/h14,24-25,30,32-41H,11-13,15-23H2,1-10H3/t25?,30-,32+,33?,34-,35+,36+,37-,38-,39+,40-,41-,42+,43-/m1/s1. The molecular weight excluding hydrogens is 676 g/mol. The summed E-state index contributed by atoms with van der Waals surface area (Å²) in [5.74, 6) is 2.78. The zero-order valence-electron chi connectivity index (χ0n) is 34.2. The molecule has 5 rings (SSSR count). The van der Waals surface area contributed by atoms with E-state index in [-0.39, 0.29) is 18.1 Å². The molecule has 0 radical (unpaired) electrons. The van der Waals surface area contributed by atoms with Crippen LogP contribution in [0.2, 0.25) is 0 Å². The molecule has 14 atom stereocenters. The third kappa shape index (κ3) is 9.00. The molecule has 10 heteroatoms. The second-order valence-corrected chi connectivity index (χ2v) is 18.0. The van der Waals surface area contributed by atoms with Crippen LogP contribution in [-0.2, 0) is 47.6 Å². The number of hydrogen-bond acceptors (Lipinski definition) is 10. The third-order valence-electron chi connectivity index (χ3n) is 14.6. The van der Waals surface area contributed by atoms with Gasteiger partial charge < -0.3 is 28.4 Å². The number of carbonyl (C=O) groups is 4. The molecule has 0 N–H and O–H groups in total. The van der Waals surface area contributed by atoms with Gasteiger partial charge in [-0.05, 0) is 110 Å². The molecule has 0 aromatic carbocycles. The Hall–Kier alpha value is -2.46. The summed E-state index contributed by atoms with van der Waals surface area (Å²) in [6.45, 7) is 19.5. The van der Waals surface area contributed by atoms with Gasteiger partial charge in [0.2, 0.25) is 0 Å². The van der Waals surface area contributed by atoms with E-state index in [1.54, 1.807) is 0 Å². The molecular formula is C43H68O10. The quantitative estimate of drug-likeness (QED) is 0.104. The van der Waals surface area contributed by atoms with Crippen molar-refractivity contribution in [1.29, 1.82) is 0 Å². The number of ether oxygens (including phenoxy) is 6. The zero-order valence-corrected chi connectivity index (χ0v) is 34.2. The van der Waals surface area contributed by atoms with Gasteiger partial charge in [0.15, 0.2) is 24.6 Å². The van der Waals surface area contributed by atoms with E-state index in [4.69, 9.17) is 28.4 Å². The Balaban J connectivity index is 1.31. The topological polar surface area (TPSA) is 124 Å². The molecule has 0 spiro atoms. The first-order chi connectivity index (χ1) is 25.0. The lowest BCUT2D eigenvalue weighted by molar-refractivity contribution is -0.318. The van der Waals surface area contributed by atoms with Gasteiger partial charge in [-0.2, -0.15) is 0 Å². The van der Waals surface area contributed by atoms with Crippen molar-refractivity contribution in [1.82, 2.24) is 0 Å². The number of allylic oxidation sites excluding steroid dienone is 1. The van der Waals surface area contributed by atoms with Crippen LogP contribution in [0.5, 0.6) is 0 Å². The number of fused-ring (bicyclic) bond motifs is 5. The fraction of sp³-hybridized carbons (Fsp3) is 0.860. The predicted octanol–water partition coefficient (Wildman–Crippen LogP) is 8.13. The molecule has 4 fully saturated rings. The summed E-state index contributed by atoms with van der Waals surface area (Å²) < 4.78 is 35.1. The maximum absolute atomic E-state index is 12.4. The summed E-state index contributed by atoms with van der Waals surface area (Å²) in [6, 6.07) is 0. The highest BCUT2D eigenvalue weighted by Gasteiger charge is 2.60. The van der Waals surface area contributed by atoms with Crippen molar-refractivity contribution in [3.63, 3.8) is 0 Å². The van der Waals surface area contributed by atoms with E-state index in [9.17, 15) is 19.2 Å². The van der Waals surface area contributed by atoms with E-state index in [0.29, 0.717) is 17.3 Å². The minimum atomic E-state index is -1.24. The van der Waals surface area contributed by atoms with Crippen LogP contribution < -0.4 is 0 Å². The van der Waals surface area contributed by atoms with Crippen molar-refractivity contribution in [3.05, 3.63) is 11.6 Å². The normalized spacial score (nSPS) is 39.0. The van der Waals surface area contributed by atoms with E-state index >= 15 is 0 Å². The highest BCUT2D eigenvalue weighted by atomic mass is 16.7. The minimum absolute atomic E-state index is 0.0979. The molecule has 0 aromatic heterocycles. The number of carbonyl (C=O) groups excluding carboxylic acids is 4. The molecule has 0 aromatic rings. The van der Waals surface area contributed by atoms with Crippen LogP contribution in [0.4, 0.5) is 0 Å². The first kappa shape index (κ1) is 41.7. The molecule has 0 amide bonds. The molecule has 1 heterocycles. The number of hydrogen-bond donors (Lipinski definition) is 0. The lowest BCUT2D eigenvalue weighted by atomic mass is 9.47. The fourth-order valence-electron chi connectivity index (χ4n) is 11.9. The molecule has 2 unspecified atom stereocenters.